The van der Waals surface area contributed by atoms with E-state index in [1.807, 2.05) is 31.2 Å². The highest BCUT2D eigenvalue weighted by Gasteiger charge is 2.19. The van der Waals surface area contributed by atoms with Gasteiger partial charge in [0.15, 0.2) is 16.4 Å². The minimum absolute atomic E-state index is 0.00738. The molecule has 2 aromatic carbocycles. The number of aryl methyl sites for hydroxylation is 1. The van der Waals surface area contributed by atoms with Crippen molar-refractivity contribution in [2.75, 3.05) is 18.2 Å². The van der Waals surface area contributed by atoms with E-state index in [4.69, 9.17) is 4.74 Å². The summed E-state index contributed by atoms with van der Waals surface area (Å²) >= 11 is 1.34. The van der Waals surface area contributed by atoms with E-state index in [1.54, 1.807) is 19.1 Å². The average molecular weight is 408 g/mol. The van der Waals surface area contributed by atoms with E-state index in [0.29, 0.717) is 0 Å². The Hall–Kier alpha value is -2.32. The fourth-order valence-electron chi connectivity index (χ4n) is 2.20. The van der Waals surface area contributed by atoms with Crippen LogP contribution in [0.3, 0.4) is 0 Å². The molecule has 2 rings (SSSR count). The predicted molar refractivity (Wildman–Crippen MR) is 106 cm³/mol. The summed E-state index contributed by atoms with van der Waals surface area (Å²) in [5, 5.41) is 1.98. The van der Waals surface area contributed by atoms with Crippen LogP contribution in [0.2, 0.25) is 0 Å². The maximum absolute atomic E-state index is 12.1. The van der Waals surface area contributed by atoms with Gasteiger partial charge in [-0.05, 0) is 38.1 Å². The number of thioether (sulfide) groups is 1. The third-order valence-electron chi connectivity index (χ3n) is 3.57. The Kier molecular flexibility index (Phi) is 7.04. The van der Waals surface area contributed by atoms with Gasteiger partial charge >= 0.3 is 5.97 Å². The van der Waals surface area contributed by atoms with Gasteiger partial charge < -0.3 is 10.1 Å². The van der Waals surface area contributed by atoms with Crippen molar-refractivity contribution in [2.45, 2.75) is 28.9 Å². The Labute approximate surface area is 163 Å². The number of rotatable bonds is 7. The van der Waals surface area contributed by atoms with Crippen molar-refractivity contribution in [1.29, 1.82) is 0 Å². The molecular weight excluding hydrogens is 386 g/mol. The number of hydrogen-bond donors (Lipinski definition) is 1. The van der Waals surface area contributed by atoms with Crippen LogP contribution in [-0.2, 0) is 24.2 Å². The van der Waals surface area contributed by atoms with Crippen LogP contribution in [0.5, 0.6) is 0 Å². The number of carbonyl (C=O) groups excluding carboxylic acids is 2. The molecule has 0 aliphatic rings. The minimum Gasteiger partial charge on any atom is -0.455 e. The largest absolute Gasteiger partial charge is 0.455 e. The van der Waals surface area contributed by atoms with Crippen LogP contribution >= 0.6 is 11.8 Å². The topological polar surface area (TPSA) is 89.5 Å². The number of nitrogens with one attached hydrogen (secondary N) is 1. The van der Waals surface area contributed by atoms with Gasteiger partial charge in [-0.2, -0.15) is 0 Å². The maximum Gasteiger partial charge on any atom is 0.319 e. The van der Waals surface area contributed by atoms with Gasteiger partial charge in [-0.3, -0.25) is 9.59 Å². The molecule has 0 saturated heterocycles. The molecule has 2 aromatic rings. The number of sulfone groups is 1. The number of carbonyl (C=O) groups is 2. The average Bonchev–Trinajstić information content (AvgIpc) is 2.61. The van der Waals surface area contributed by atoms with Gasteiger partial charge in [0.05, 0.1) is 10.6 Å². The van der Waals surface area contributed by atoms with Gasteiger partial charge in [-0.1, -0.05) is 29.8 Å². The molecule has 6 nitrogen and oxygen atoms in total. The Morgan fingerprint density at radius 2 is 1.74 bits per heavy atom. The van der Waals surface area contributed by atoms with Crippen molar-refractivity contribution < 1.29 is 22.7 Å². The monoisotopic (exact) mass is 407 g/mol. The second kappa shape index (κ2) is 9.05. The zero-order valence-corrected chi connectivity index (χ0v) is 16.9. The lowest BCUT2D eigenvalue weighted by Gasteiger charge is -2.12. The quantitative estimate of drug-likeness (QED) is 0.560. The summed E-state index contributed by atoms with van der Waals surface area (Å²) in [4.78, 5) is 25.0. The molecule has 0 spiro atoms. The van der Waals surface area contributed by atoms with Gasteiger partial charge in [-0.15, -0.1) is 11.8 Å². The van der Waals surface area contributed by atoms with Crippen LogP contribution in [-0.4, -0.2) is 38.4 Å². The molecular formula is C19H21NO5S2. The zero-order valence-electron chi connectivity index (χ0n) is 15.3. The molecule has 0 aliphatic heterocycles. The standard InChI is InChI=1S/C19H21NO5S2/c1-13-8-10-15(11-9-13)26-14(2)19(22)25-12-18(21)20-16-6-4-5-7-17(16)27(3,23)24/h4-11,14H,12H2,1-3H3,(H,20,21)/t14-/m1/s1. The highest BCUT2D eigenvalue weighted by atomic mass is 32.2. The first-order chi connectivity index (χ1) is 12.7. The van der Waals surface area contributed by atoms with Gasteiger partial charge in [0.1, 0.15) is 5.25 Å². The minimum atomic E-state index is -3.49. The number of anilines is 1. The summed E-state index contributed by atoms with van der Waals surface area (Å²) in [6, 6.07) is 13.8. The molecule has 1 amide bonds. The van der Waals surface area contributed by atoms with Crippen molar-refractivity contribution in [3.05, 3.63) is 54.1 Å². The lowest BCUT2D eigenvalue weighted by Crippen LogP contribution is -2.25. The molecule has 0 aromatic heterocycles. The molecule has 1 N–H and O–H groups in total. The number of hydrogen-bond acceptors (Lipinski definition) is 6. The summed E-state index contributed by atoms with van der Waals surface area (Å²) < 4.78 is 28.5. The van der Waals surface area contributed by atoms with Crippen molar-refractivity contribution in [2.24, 2.45) is 0 Å². The van der Waals surface area contributed by atoms with E-state index in [9.17, 15) is 18.0 Å². The first-order valence-electron chi connectivity index (χ1n) is 8.15. The fraction of sp³-hybridized carbons (Fsp3) is 0.263. The van der Waals surface area contributed by atoms with Crippen LogP contribution in [0.25, 0.3) is 0 Å². The summed E-state index contributed by atoms with van der Waals surface area (Å²) in [5.74, 6) is -1.13. The molecule has 8 heteroatoms. The van der Waals surface area contributed by atoms with Crippen molar-refractivity contribution >= 4 is 39.2 Å². The lowest BCUT2D eigenvalue weighted by molar-refractivity contribution is -0.146. The zero-order chi connectivity index (χ0) is 20.0. The highest BCUT2D eigenvalue weighted by Crippen LogP contribution is 2.24. The van der Waals surface area contributed by atoms with E-state index in [1.165, 1.54) is 23.9 Å². The summed E-state index contributed by atoms with van der Waals surface area (Å²) in [6.45, 7) is 3.19. The van der Waals surface area contributed by atoms with E-state index in [-0.39, 0.29) is 10.6 Å². The number of para-hydroxylation sites is 1. The second-order valence-corrected chi connectivity index (χ2v) is 9.40. The normalized spacial score (nSPS) is 12.3. The summed E-state index contributed by atoms with van der Waals surface area (Å²) in [6.07, 6.45) is 1.06. The lowest BCUT2D eigenvalue weighted by atomic mass is 10.2. The van der Waals surface area contributed by atoms with Crippen LogP contribution in [0.1, 0.15) is 12.5 Å². The molecule has 144 valence electrons. The van der Waals surface area contributed by atoms with E-state index >= 15 is 0 Å². The second-order valence-electron chi connectivity index (χ2n) is 6.00. The Balaban J connectivity index is 1.90. The molecule has 0 heterocycles. The van der Waals surface area contributed by atoms with Crippen LogP contribution in [0.4, 0.5) is 5.69 Å². The number of esters is 1. The first kappa shape index (κ1) is 21.0. The van der Waals surface area contributed by atoms with Crippen molar-refractivity contribution in [3.63, 3.8) is 0 Å². The molecule has 27 heavy (non-hydrogen) atoms. The third kappa shape index (κ3) is 6.41. The summed E-state index contributed by atoms with van der Waals surface area (Å²) in [5.41, 5.74) is 1.28. The third-order valence-corrected chi connectivity index (χ3v) is 5.82. The molecule has 0 radical (unpaired) electrons. The van der Waals surface area contributed by atoms with E-state index < -0.39 is 33.6 Å². The smallest absolute Gasteiger partial charge is 0.319 e. The predicted octanol–water partition coefficient (Wildman–Crippen LogP) is 3.06. The highest BCUT2D eigenvalue weighted by molar-refractivity contribution is 8.00. The molecule has 0 unspecified atom stereocenters. The molecule has 0 saturated carbocycles. The van der Waals surface area contributed by atoms with Crippen LogP contribution < -0.4 is 5.32 Å². The number of amides is 1. The van der Waals surface area contributed by atoms with Crippen molar-refractivity contribution in [3.8, 4) is 0 Å². The molecule has 0 aliphatic carbocycles. The van der Waals surface area contributed by atoms with E-state index in [0.717, 1.165) is 16.7 Å². The first-order valence-corrected chi connectivity index (χ1v) is 10.9. The maximum atomic E-state index is 12.1. The number of benzene rings is 2. The van der Waals surface area contributed by atoms with Crippen LogP contribution in [0, 0.1) is 6.92 Å². The Bertz CT molecular complexity index is 923. The molecule has 0 fully saturated rings. The Morgan fingerprint density at radius 3 is 2.37 bits per heavy atom. The SMILES string of the molecule is Cc1ccc(S[C@H](C)C(=O)OCC(=O)Nc2ccccc2S(C)(=O)=O)cc1. The van der Waals surface area contributed by atoms with E-state index in [2.05, 4.69) is 5.32 Å². The van der Waals surface area contributed by atoms with Gasteiger partial charge in [-0.25, -0.2) is 8.42 Å². The molecule has 1 atom stereocenters. The molecule has 0 bridgehead atoms. The van der Waals surface area contributed by atoms with Crippen molar-refractivity contribution in [1.82, 2.24) is 0 Å². The summed E-state index contributed by atoms with van der Waals surface area (Å²) in [7, 11) is -3.49. The van der Waals surface area contributed by atoms with Gasteiger partial charge in [0, 0.05) is 11.2 Å². The van der Waals surface area contributed by atoms with Crippen LogP contribution in [0.15, 0.2) is 58.3 Å². The van der Waals surface area contributed by atoms with Gasteiger partial charge in [0.25, 0.3) is 5.91 Å². The Morgan fingerprint density at radius 1 is 1.11 bits per heavy atom. The number of ether oxygens (including phenoxy) is 1. The fourth-order valence-corrected chi connectivity index (χ4v) is 3.91. The van der Waals surface area contributed by atoms with Gasteiger partial charge in [0.2, 0.25) is 0 Å².